The smallest absolute Gasteiger partial charge is 0.274 e. The van der Waals surface area contributed by atoms with Crippen molar-refractivity contribution in [2.75, 3.05) is 38.3 Å². The van der Waals surface area contributed by atoms with Crippen LogP contribution in [0.2, 0.25) is 0 Å². The molecule has 2 heterocycles. The first-order chi connectivity index (χ1) is 10.8. The average molecular weight is 302 g/mol. The lowest BCUT2D eigenvalue weighted by atomic mass is 10.1. The maximum Gasteiger partial charge on any atom is 0.274 e. The maximum atomic E-state index is 12.2. The highest BCUT2D eigenvalue weighted by molar-refractivity contribution is 5.31. The molecule has 0 amide bonds. The van der Waals surface area contributed by atoms with Crippen LogP contribution in [0, 0.1) is 0 Å². The van der Waals surface area contributed by atoms with E-state index in [0.29, 0.717) is 44.4 Å². The number of aromatic nitrogens is 3. The van der Waals surface area contributed by atoms with Gasteiger partial charge in [-0.3, -0.25) is 9.78 Å². The zero-order valence-corrected chi connectivity index (χ0v) is 12.4. The minimum atomic E-state index is -0.202. The summed E-state index contributed by atoms with van der Waals surface area (Å²) in [6.07, 6.45) is 0.440. The van der Waals surface area contributed by atoms with E-state index in [4.69, 9.17) is 9.47 Å². The number of aromatic amines is 1. The van der Waals surface area contributed by atoms with E-state index >= 15 is 0 Å². The standard InChI is InChI=1S/C15H18N4O3/c1-21-12-4-2-11(3-5-12)10-13-14(20)16-15(18-17-13)19-6-8-22-9-7-19/h2-5H,6-10H2,1H3,(H,16,18,20). The van der Waals surface area contributed by atoms with Crippen molar-refractivity contribution in [3.05, 3.63) is 45.9 Å². The summed E-state index contributed by atoms with van der Waals surface area (Å²) in [5.74, 6) is 1.29. The third-order valence-corrected chi connectivity index (χ3v) is 3.59. The van der Waals surface area contributed by atoms with E-state index in [0.717, 1.165) is 11.3 Å². The molecule has 22 heavy (non-hydrogen) atoms. The number of methoxy groups -OCH3 is 1. The Morgan fingerprint density at radius 2 is 1.95 bits per heavy atom. The third-order valence-electron chi connectivity index (χ3n) is 3.59. The maximum absolute atomic E-state index is 12.2. The van der Waals surface area contributed by atoms with Gasteiger partial charge in [-0.25, -0.2) is 0 Å². The molecule has 1 aliphatic heterocycles. The van der Waals surface area contributed by atoms with Crippen LogP contribution in [-0.2, 0) is 11.2 Å². The highest BCUT2D eigenvalue weighted by Gasteiger charge is 2.15. The molecule has 1 aliphatic rings. The van der Waals surface area contributed by atoms with Crippen molar-refractivity contribution in [2.45, 2.75) is 6.42 Å². The van der Waals surface area contributed by atoms with Crippen LogP contribution < -0.4 is 15.2 Å². The lowest BCUT2D eigenvalue weighted by molar-refractivity contribution is 0.122. The van der Waals surface area contributed by atoms with Gasteiger partial charge in [0.1, 0.15) is 11.4 Å². The highest BCUT2D eigenvalue weighted by atomic mass is 16.5. The number of nitrogens with one attached hydrogen (secondary N) is 1. The summed E-state index contributed by atoms with van der Waals surface area (Å²) in [5, 5.41) is 8.22. The van der Waals surface area contributed by atoms with Crippen LogP contribution in [0.25, 0.3) is 0 Å². The summed E-state index contributed by atoms with van der Waals surface area (Å²) in [6, 6.07) is 7.55. The number of nitrogens with zero attached hydrogens (tertiary/aromatic N) is 3. The first-order valence-corrected chi connectivity index (χ1v) is 7.18. The van der Waals surface area contributed by atoms with Gasteiger partial charge in [0, 0.05) is 19.5 Å². The SMILES string of the molecule is COc1ccc(Cc2nnc(N3CCOCC3)[nH]c2=O)cc1. The molecular weight excluding hydrogens is 284 g/mol. The minimum absolute atomic E-state index is 0.202. The van der Waals surface area contributed by atoms with Gasteiger partial charge in [-0.05, 0) is 17.7 Å². The second-order valence-corrected chi connectivity index (χ2v) is 5.05. The summed E-state index contributed by atoms with van der Waals surface area (Å²) in [6.45, 7) is 2.69. The Balaban J connectivity index is 1.75. The van der Waals surface area contributed by atoms with Gasteiger partial charge in [0.05, 0.1) is 20.3 Å². The summed E-state index contributed by atoms with van der Waals surface area (Å²) in [7, 11) is 1.62. The number of anilines is 1. The molecule has 2 aromatic rings. The number of hydrogen-bond donors (Lipinski definition) is 1. The normalized spacial score (nSPS) is 14.9. The van der Waals surface area contributed by atoms with Crippen molar-refractivity contribution in [1.29, 1.82) is 0 Å². The van der Waals surface area contributed by atoms with E-state index in [1.807, 2.05) is 29.2 Å². The Hall–Kier alpha value is -2.41. The van der Waals surface area contributed by atoms with Crippen LogP contribution in [0.1, 0.15) is 11.3 Å². The van der Waals surface area contributed by atoms with E-state index in [9.17, 15) is 4.79 Å². The zero-order chi connectivity index (χ0) is 15.4. The topological polar surface area (TPSA) is 80.3 Å². The molecule has 3 rings (SSSR count). The van der Waals surface area contributed by atoms with Crippen molar-refractivity contribution in [3.63, 3.8) is 0 Å². The molecule has 0 atom stereocenters. The lowest BCUT2D eigenvalue weighted by Crippen LogP contribution is -2.38. The number of ether oxygens (including phenoxy) is 2. The molecule has 0 radical (unpaired) electrons. The van der Waals surface area contributed by atoms with Gasteiger partial charge in [-0.1, -0.05) is 12.1 Å². The quantitative estimate of drug-likeness (QED) is 0.891. The molecule has 0 unspecified atom stereocenters. The van der Waals surface area contributed by atoms with Gasteiger partial charge in [-0.2, -0.15) is 0 Å². The molecule has 7 nitrogen and oxygen atoms in total. The summed E-state index contributed by atoms with van der Waals surface area (Å²) in [4.78, 5) is 16.9. The minimum Gasteiger partial charge on any atom is -0.497 e. The number of hydrogen-bond acceptors (Lipinski definition) is 6. The second kappa shape index (κ2) is 6.57. The molecule has 1 fully saturated rings. The van der Waals surface area contributed by atoms with Crippen LogP contribution in [0.5, 0.6) is 5.75 Å². The van der Waals surface area contributed by atoms with Crippen LogP contribution in [0.3, 0.4) is 0 Å². The molecule has 7 heteroatoms. The van der Waals surface area contributed by atoms with Crippen LogP contribution >= 0.6 is 0 Å². The summed E-state index contributed by atoms with van der Waals surface area (Å²) < 4.78 is 10.4. The number of rotatable bonds is 4. The molecule has 0 saturated carbocycles. The lowest BCUT2D eigenvalue weighted by Gasteiger charge is -2.26. The van der Waals surface area contributed by atoms with Gasteiger partial charge in [0.25, 0.3) is 5.56 Å². The monoisotopic (exact) mass is 302 g/mol. The first-order valence-electron chi connectivity index (χ1n) is 7.18. The molecule has 1 N–H and O–H groups in total. The molecule has 0 bridgehead atoms. The van der Waals surface area contributed by atoms with Crippen LogP contribution in [0.4, 0.5) is 5.95 Å². The molecule has 1 aromatic heterocycles. The largest absolute Gasteiger partial charge is 0.497 e. The van der Waals surface area contributed by atoms with Crippen molar-refractivity contribution in [2.24, 2.45) is 0 Å². The van der Waals surface area contributed by atoms with Gasteiger partial charge in [0.2, 0.25) is 5.95 Å². The van der Waals surface area contributed by atoms with Gasteiger partial charge >= 0.3 is 0 Å². The van der Waals surface area contributed by atoms with Crippen LogP contribution in [-0.4, -0.2) is 48.6 Å². The predicted octanol–water partition coefficient (Wildman–Crippen LogP) is 0.601. The number of H-pyrrole nitrogens is 1. The van der Waals surface area contributed by atoms with E-state index in [1.165, 1.54) is 0 Å². The molecule has 116 valence electrons. The predicted molar refractivity (Wildman–Crippen MR) is 81.5 cm³/mol. The fraction of sp³-hybridized carbons (Fsp3) is 0.400. The molecule has 1 saturated heterocycles. The average Bonchev–Trinajstić information content (AvgIpc) is 2.58. The van der Waals surface area contributed by atoms with Crippen molar-refractivity contribution in [3.8, 4) is 5.75 Å². The fourth-order valence-corrected chi connectivity index (χ4v) is 2.32. The van der Waals surface area contributed by atoms with Gasteiger partial charge < -0.3 is 14.4 Å². The molecular formula is C15H18N4O3. The molecule has 1 aromatic carbocycles. The second-order valence-electron chi connectivity index (χ2n) is 5.05. The van der Waals surface area contributed by atoms with E-state index in [1.54, 1.807) is 7.11 Å². The zero-order valence-electron chi connectivity index (χ0n) is 12.4. The Bertz CT molecular complexity index is 678. The number of morpholine rings is 1. The Morgan fingerprint density at radius 3 is 2.59 bits per heavy atom. The highest BCUT2D eigenvalue weighted by Crippen LogP contribution is 2.13. The molecule has 0 aliphatic carbocycles. The van der Waals surface area contributed by atoms with E-state index < -0.39 is 0 Å². The molecule has 0 spiro atoms. The van der Waals surface area contributed by atoms with E-state index in [2.05, 4.69) is 15.2 Å². The van der Waals surface area contributed by atoms with Crippen molar-refractivity contribution in [1.82, 2.24) is 15.2 Å². The third kappa shape index (κ3) is 3.25. The Labute approximate surface area is 127 Å². The Morgan fingerprint density at radius 1 is 1.23 bits per heavy atom. The van der Waals surface area contributed by atoms with E-state index in [-0.39, 0.29) is 5.56 Å². The Kier molecular flexibility index (Phi) is 4.34. The summed E-state index contributed by atoms with van der Waals surface area (Å²) in [5.41, 5.74) is 1.19. The number of benzene rings is 1. The first kappa shape index (κ1) is 14.5. The fourth-order valence-electron chi connectivity index (χ4n) is 2.32. The van der Waals surface area contributed by atoms with Gasteiger partial charge in [0.15, 0.2) is 0 Å². The van der Waals surface area contributed by atoms with Gasteiger partial charge in [-0.15, -0.1) is 10.2 Å². The van der Waals surface area contributed by atoms with Crippen molar-refractivity contribution >= 4 is 5.95 Å². The summed E-state index contributed by atoms with van der Waals surface area (Å²) >= 11 is 0. The van der Waals surface area contributed by atoms with Crippen LogP contribution in [0.15, 0.2) is 29.1 Å². The van der Waals surface area contributed by atoms with Crippen molar-refractivity contribution < 1.29 is 9.47 Å².